The van der Waals surface area contributed by atoms with E-state index in [1.165, 1.54) is 5.56 Å². The molecule has 0 bridgehead atoms. The average Bonchev–Trinajstić information content (AvgIpc) is 2.92. The molecule has 2 rings (SSSR count). The first kappa shape index (κ1) is 15.5. The maximum absolute atomic E-state index is 11.8. The van der Waals surface area contributed by atoms with Crippen LogP contribution in [0, 0.1) is 11.8 Å². The van der Waals surface area contributed by atoms with Crippen molar-refractivity contribution in [3.8, 4) is 0 Å². The Bertz CT molecular complexity index is 507. The summed E-state index contributed by atoms with van der Waals surface area (Å²) in [6.07, 6.45) is 6.71. The molecule has 0 spiro atoms. The minimum Gasteiger partial charge on any atom is -0.352 e. The molecular weight excluding hydrogens is 262 g/mol. The molecule has 0 aromatic heterocycles. The Kier molecular flexibility index (Phi) is 5.73. The van der Waals surface area contributed by atoms with Gasteiger partial charge >= 0.3 is 0 Å². The summed E-state index contributed by atoms with van der Waals surface area (Å²) in [7, 11) is 0. The Labute approximate surface area is 126 Å². The van der Waals surface area contributed by atoms with Crippen molar-refractivity contribution in [1.29, 1.82) is 0 Å². The van der Waals surface area contributed by atoms with Crippen LogP contribution in [0.5, 0.6) is 0 Å². The summed E-state index contributed by atoms with van der Waals surface area (Å²) in [6, 6.07) is 10.1. The van der Waals surface area contributed by atoms with Crippen molar-refractivity contribution in [2.45, 2.75) is 32.6 Å². The van der Waals surface area contributed by atoms with Gasteiger partial charge in [0.15, 0.2) is 0 Å². The molecule has 1 N–H and O–H groups in total. The van der Waals surface area contributed by atoms with Crippen molar-refractivity contribution in [3.63, 3.8) is 0 Å². The van der Waals surface area contributed by atoms with Gasteiger partial charge in [0, 0.05) is 19.4 Å². The zero-order chi connectivity index (χ0) is 15.1. The van der Waals surface area contributed by atoms with Crippen molar-refractivity contribution >= 4 is 11.7 Å². The molecule has 1 aromatic carbocycles. The van der Waals surface area contributed by atoms with E-state index in [0.717, 1.165) is 12.8 Å². The summed E-state index contributed by atoms with van der Waals surface area (Å²) in [5.41, 5.74) is 1.22. The van der Waals surface area contributed by atoms with E-state index in [-0.39, 0.29) is 11.8 Å². The Balaban J connectivity index is 1.69. The Morgan fingerprint density at radius 3 is 2.81 bits per heavy atom. The third kappa shape index (κ3) is 5.18. The first-order valence-electron chi connectivity index (χ1n) is 7.67. The van der Waals surface area contributed by atoms with Crippen molar-refractivity contribution in [2.75, 3.05) is 6.54 Å². The number of hydrogen-bond donors (Lipinski definition) is 1. The van der Waals surface area contributed by atoms with Gasteiger partial charge in [-0.25, -0.2) is 0 Å². The Morgan fingerprint density at radius 1 is 1.38 bits per heavy atom. The Hall–Kier alpha value is -1.90. The molecule has 0 unspecified atom stereocenters. The van der Waals surface area contributed by atoms with Gasteiger partial charge in [-0.05, 0) is 36.3 Å². The smallest absolute Gasteiger partial charge is 0.243 e. The van der Waals surface area contributed by atoms with Crippen LogP contribution >= 0.6 is 0 Å². The van der Waals surface area contributed by atoms with E-state index in [4.69, 9.17) is 0 Å². The number of nitrogens with one attached hydrogen (secondary N) is 1. The number of carbonyl (C=O) groups excluding carboxylic acids is 2. The molecule has 1 aromatic rings. The second-order valence-corrected chi connectivity index (χ2v) is 5.79. The van der Waals surface area contributed by atoms with Crippen LogP contribution in [0.2, 0.25) is 0 Å². The number of rotatable bonds is 6. The zero-order valence-corrected chi connectivity index (χ0v) is 12.5. The quantitative estimate of drug-likeness (QED) is 0.817. The summed E-state index contributed by atoms with van der Waals surface area (Å²) in [5.74, 6) is 0.997. The second kappa shape index (κ2) is 7.77. The molecule has 3 nitrogen and oxygen atoms in total. The van der Waals surface area contributed by atoms with Crippen LogP contribution < -0.4 is 5.32 Å². The number of amides is 1. The molecule has 2 atom stereocenters. The van der Waals surface area contributed by atoms with Gasteiger partial charge in [-0.1, -0.05) is 43.3 Å². The number of allylic oxidation sites excluding steroid dienone is 1. The topological polar surface area (TPSA) is 46.2 Å². The lowest BCUT2D eigenvalue weighted by molar-refractivity contribution is -0.118. The zero-order valence-electron chi connectivity index (χ0n) is 12.5. The molecule has 1 fully saturated rings. The lowest BCUT2D eigenvalue weighted by atomic mass is 9.92. The first-order chi connectivity index (χ1) is 10.1. The molecule has 0 aliphatic heterocycles. The second-order valence-electron chi connectivity index (χ2n) is 5.79. The molecule has 1 saturated carbocycles. The fourth-order valence-corrected chi connectivity index (χ4v) is 2.72. The van der Waals surface area contributed by atoms with Crippen molar-refractivity contribution in [3.05, 3.63) is 48.0 Å². The third-order valence-corrected chi connectivity index (χ3v) is 4.13. The maximum atomic E-state index is 11.8. The molecule has 1 amide bonds. The van der Waals surface area contributed by atoms with E-state index < -0.39 is 0 Å². The summed E-state index contributed by atoms with van der Waals surface area (Å²) in [5, 5.41) is 2.89. The normalized spacial score (nSPS) is 19.9. The molecule has 1 aliphatic rings. The van der Waals surface area contributed by atoms with E-state index in [1.807, 2.05) is 24.3 Å². The highest BCUT2D eigenvalue weighted by Gasteiger charge is 2.25. The fourth-order valence-electron chi connectivity index (χ4n) is 2.72. The summed E-state index contributed by atoms with van der Waals surface area (Å²) in [6.45, 7) is 2.72. The molecule has 0 heterocycles. The van der Waals surface area contributed by atoms with Crippen LogP contribution in [0.25, 0.3) is 0 Å². The summed E-state index contributed by atoms with van der Waals surface area (Å²) >= 11 is 0. The van der Waals surface area contributed by atoms with Gasteiger partial charge in [0.2, 0.25) is 5.91 Å². The van der Waals surface area contributed by atoms with E-state index in [0.29, 0.717) is 31.1 Å². The number of ketones is 1. The molecule has 0 saturated heterocycles. The average molecular weight is 285 g/mol. The van der Waals surface area contributed by atoms with Crippen LogP contribution in [0.4, 0.5) is 0 Å². The van der Waals surface area contributed by atoms with Gasteiger partial charge in [-0.15, -0.1) is 0 Å². The Morgan fingerprint density at radius 2 is 2.14 bits per heavy atom. The van der Waals surface area contributed by atoms with Gasteiger partial charge in [0.1, 0.15) is 5.78 Å². The van der Waals surface area contributed by atoms with Gasteiger partial charge in [0.05, 0.1) is 0 Å². The minimum atomic E-state index is -0.0536. The maximum Gasteiger partial charge on any atom is 0.243 e. The lowest BCUT2D eigenvalue weighted by Crippen LogP contribution is -2.23. The predicted molar refractivity (Wildman–Crippen MR) is 83.8 cm³/mol. The lowest BCUT2D eigenvalue weighted by Gasteiger charge is -2.13. The highest BCUT2D eigenvalue weighted by molar-refractivity contribution is 5.87. The van der Waals surface area contributed by atoms with E-state index >= 15 is 0 Å². The van der Waals surface area contributed by atoms with Crippen LogP contribution in [0.15, 0.2) is 42.5 Å². The molecule has 0 radical (unpaired) electrons. The van der Waals surface area contributed by atoms with Gasteiger partial charge in [-0.3, -0.25) is 9.59 Å². The SMILES string of the molecule is C[C@@H](/C=C/C(=O)NCCc1ccccc1)[C@@H]1CCC(=O)C1. The molecule has 1 aliphatic carbocycles. The van der Waals surface area contributed by atoms with Crippen molar-refractivity contribution < 1.29 is 9.59 Å². The van der Waals surface area contributed by atoms with E-state index in [2.05, 4.69) is 24.4 Å². The number of hydrogen-bond acceptors (Lipinski definition) is 2. The van der Waals surface area contributed by atoms with Crippen LogP contribution in [-0.2, 0) is 16.0 Å². The first-order valence-corrected chi connectivity index (χ1v) is 7.67. The van der Waals surface area contributed by atoms with E-state index in [9.17, 15) is 9.59 Å². The number of carbonyl (C=O) groups is 2. The standard InChI is InChI=1S/C18H23NO2/c1-14(16-8-9-17(20)13-16)7-10-18(21)19-12-11-15-5-3-2-4-6-15/h2-7,10,14,16H,8-9,11-13H2,1H3,(H,19,21)/b10-7+/t14-,16+/m0/s1. The van der Waals surface area contributed by atoms with Crippen molar-refractivity contribution in [2.24, 2.45) is 11.8 Å². The largest absolute Gasteiger partial charge is 0.352 e. The molecule has 3 heteroatoms. The fraction of sp³-hybridized carbons (Fsp3) is 0.444. The number of Topliss-reactive ketones (excluding diaryl/α,β-unsaturated/α-hetero) is 1. The minimum absolute atomic E-state index is 0.0536. The third-order valence-electron chi connectivity index (χ3n) is 4.13. The van der Waals surface area contributed by atoms with Crippen LogP contribution in [0.3, 0.4) is 0 Å². The molecular formula is C18H23NO2. The highest BCUT2D eigenvalue weighted by atomic mass is 16.1. The van der Waals surface area contributed by atoms with Crippen molar-refractivity contribution in [1.82, 2.24) is 5.32 Å². The van der Waals surface area contributed by atoms with E-state index in [1.54, 1.807) is 6.08 Å². The van der Waals surface area contributed by atoms with Gasteiger partial charge in [0.25, 0.3) is 0 Å². The number of benzene rings is 1. The summed E-state index contributed by atoms with van der Waals surface area (Å²) in [4.78, 5) is 23.0. The summed E-state index contributed by atoms with van der Waals surface area (Å²) < 4.78 is 0. The highest BCUT2D eigenvalue weighted by Crippen LogP contribution is 2.29. The molecule has 21 heavy (non-hydrogen) atoms. The van der Waals surface area contributed by atoms with Gasteiger partial charge in [-0.2, -0.15) is 0 Å². The van der Waals surface area contributed by atoms with Gasteiger partial charge < -0.3 is 5.32 Å². The van der Waals surface area contributed by atoms with Crippen LogP contribution in [0.1, 0.15) is 31.7 Å². The monoisotopic (exact) mass is 285 g/mol. The van der Waals surface area contributed by atoms with Crippen LogP contribution in [-0.4, -0.2) is 18.2 Å². The molecule has 112 valence electrons. The predicted octanol–water partition coefficient (Wildman–Crippen LogP) is 2.91.